The van der Waals surface area contributed by atoms with Gasteiger partial charge in [0.1, 0.15) is 0 Å². The number of hydrogen-bond acceptors (Lipinski definition) is 4. The van der Waals surface area contributed by atoms with Crippen LogP contribution in [0.5, 0.6) is 0 Å². The number of carbonyl (C=O) groups excluding carboxylic acids is 1. The van der Waals surface area contributed by atoms with E-state index in [1.807, 2.05) is 29.0 Å². The first-order chi connectivity index (χ1) is 9.83. The highest BCUT2D eigenvalue weighted by Crippen LogP contribution is 2.13. The van der Waals surface area contributed by atoms with E-state index in [-0.39, 0.29) is 11.9 Å². The van der Waals surface area contributed by atoms with E-state index in [0.717, 1.165) is 11.6 Å². The fourth-order valence-electron chi connectivity index (χ4n) is 2.10. The van der Waals surface area contributed by atoms with E-state index >= 15 is 0 Å². The Hall–Kier alpha value is -1.79. The number of nitrogens with zero attached hydrogens (tertiary/aromatic N) is 2. The zero-order valence-corrected chi connectivity index (χ0v) is 11.8. The van der Waals surface area contributed by atoms with E-state index in [4.69, 9.17) is 0 Å². The zero-order valence-electron chi connectivity index (χ0n) is 11.0. The number of anilines is 1. The summed E-state index contributed by atoms with van der Waals surface area (Å²) in [4.78, 5) is 16.3. The first-order valence-corrected chi connectivity index (χ1v) is 7.65. The summed E-state index contributed by atoms with van der Waals surface area (Å²) in [6.07, 6.45) is 3.58. The molecule has 1 atom stereocenters. The minimum absolute atomic E-state index is 0.0180. The van der Waals surface area contributed by atoms with Crippen LogP contribution >= 0.6 is 11.8 Å². The molecule has 3 rings (SSSR count). The Balaban J connectivity index is 1.68. The van der Waals surface area contributed by atoms with E-state index in [1.54, 1.807) is 18.0 Å². The molecule has 104 valence electrons. The maximum Gasteiger partial charge on any atom is 0.244 e. The number of benzene rings is 1. The van der Waals surface area contributed by atoms with Crippen LogP contribution in [0.15, 0.2) is 42.7 Å². The molecule has 1 aromatic carbocycles. The predicted octanol–water partition coefficient (Wildman–Crippen LogP) is 1.53. The minimum atomic E-state index is -0.123. The Bertz CT molecular complexity index is 578. The zero-order chi connectivity index (χ0) is 13.8. The molecule has 1 saturated heterocycles. The summed E-state index contributed by atoms with van der Waals surface area (Å²) in [7, 11) is 0. The van der Waals surface area contributed by atoms with Gasteiger partial charge in [-0.1, -0.05) is 30.3 Å². The number of amides is 1. The molecule has 0 radical (unpaired) electrons. The van der Waals surface area contributed by atoms with Gasteiger partial charge in [0, 0.05) is 24.0 Å². The smallest absolute Gasteiger partial charge is 0.244 e. The van der Waals surface area contributed by atoms with E-state index in [2.05, 4.69) is 27.8 Å². The van der Waals surface area contributed by atoms with Gasteiger partial charge in [-0.2, -0.15) is 0 Å². The van der Waals surface area contributed by atoms with E-state index in [1.165, 1.54) is 5.56 Å². The summed E-state index contributed by atoms with van der Waals surface area (Å²) < 4.78 is 1.94. The van der Waals surface area contributed by atoms with Gasteiger partial charge in [-0.25, -0.2) is 4.98 Å². The van der Waals surface area contributed by atoms with Crippen LogP contribution in [-0.2, 0) is 11.3 Å². The lowest BCUT2D eigenvalue weighted by Crippen LogP contribution is -2.38. The lowest BCUT2D eigenvalue weighted by Gasteiger charge is -2.12. The highest BCUT2D eigenvalue weighted by atomic mass is 32.2. The van der Waals surface area contributed by atoms with Gasteiger partial charge in [0.25, 0.3) is 0 Å². The van der Waals surface area contributed by atoms with Crippen LogP contribution in [0.2, 0.25) is 0 Å². The van der Waals surface area contributed by atoms with Crippen molar-refractivity contribution in [2.75, 3.05) is 16.9 Å². The van der Waals surface area contributed by atoms with Crippen molar-refractivity contribution in [3.63, 3.8) is 0 Å². The molecule has 2 aromatic rings. The minimum Gasteiger partial charge on any atom is -0.313 e. The Kier molecular flexibility index (Phi) is 4.03. The standard InChI is InChI=1S/C14H16N4OS/c19-13(12-9-20-10-16-12)17-14-15-6-7-18(14)8-11-4-2-1-3-5-11/h1-7,12,16H,8-10H2,(H,15,17,19). The molecule has 0 saturated carbocycles. The molecule has 6 heteroatoms. The molecule has 20 heavy (non-hydrogen) atoms. The molecule has 1 unspecified atom stereocenters. The second-order valence-electron chi connectivity index (χ2n) is 4.63. The maximum atomic E-state index is 12.1. The number of nitrogens with one attached hydrogen (secondary N) is 2. The molecule has 0 spiro atoms. The van der Waals surface area contributed by atoms with Crippen molar-refractivity contribution in [1.29, 1.82) is 0 Å². The summed E-state index contributed by atoms with van der Waals surface area (Å²) in [6.45, 7) is 0.698. The summed E-state index contributed by atoms with van der Waals surface area (Å²) in [5.41, 5.74) is 1.18. The normalized spacial score (nSPS) is 18.1. The number of aromatic nitrogens is 2. The second-order valence-corrected chi connectivity index (χ2v) is 5.66. The largest absolute Gasteiger partial charge is 0.313 e. The van der Waals surface area contributed by atoms with E-state index in [9.17, 15) is 4.79 Å². The molecular formula is C14H16N4OS. The molecular weight excluding hydrogens is 272 g/mol. The third-order valence-corrected chi connectivity index (χ3v) is 4.12. The Morgan fingerprint density at radius 1 is 1.45 bits per heavy atom. The van der Waals surface area contributed by atoms with Crippen molar-refractivity contribution in [3.05, 3.63) is 48.3 Å². The molecule has 1 aliphatic rings. The van der Waals surface area contributed by atoms with Gasteiger partial charge in [0.2, 0.25) is 11.9 Å². The summed E-state index contributed by atoms with van der Waals surface area (Å²) in [6, 6.07) is 9.99. The SMILES string of the molecule is O=C(Nc1nccn1Cc1ccccc1)C1CSCN1. The van der Waals surface area contributed by atoms with Crippen molar-refractivity contribution >= 4 is 23.6 Å². The Labute approximate surface area is 121 Å². The molecule has 2 N–H and O–H groups in total. The Morgan fingerprint density at radius 2 is 2.30 bits per heavy atom. The topological polar surface area (TPSA) is 59.0 Å². The van der Waals surface area contributed by atoms with Crippen molar-refractivity contribution in [1.82, 2.24) is 14.9 Å². The van der Waals surface area contributed by atoms with Crippen molar-refractivity contribution in [3.8, 4) is 0 Å². The predicted molar refractivity (Wildman–Crippen MR) is 80.6 cm³/mol. The molecule has 0 aliphatic carbocycles. The van der Waals surface area contributed by atoms with Gasteiger partial charge in [-0.15, -0.1) is 11.8 Å². The van der Waals surface area contributed by atoms with E-state index in [0.29, 0.717) is 12.5 Å². The third-order valence-electron chi connectivity index (χ3n) is 3.18. The molecule has 1 aliphatic heterocycles. The molecule has 1 aromatic heterocycles. The number of thioether (sulfide) groups is 1. The van der Waals surface area contributed by atoms with Crippen molar-refractivity contribution in [2.45, 2.75) is 12.6 Å². The number of imidazole rings is 1. The first kappa shape index (κ1) is 13.2. The van der Waals surface area contributed by atoms with Gasteiger partial charge >= 0.3 is 0 Å². The van der Waals surface area contributed by atoms with Crippen LogP contribution in [0.25, 0.3) is 0 Å². The van der Waals surface area contributed by atoms with Crippen LogP contribution in [0.1, 0.15) is 5.56 Å². The van der Waals surface area contributed by atoms with Crippen LogP contribution in [0, 0.1) is 0 Å². The molecule has 1 fully saturated rings. The van der Waals surface area contributed by atoms with Crippen molar-refractivity contribution in [2.24, 2.45) is 0 Å². The van der Waals surface area contributed by atoms with Crippen LogP contribution < -0.4 is 10.6 Å². The highest BCUT2D eigenvalue weighted by molar-refractivity contribution is 7.99. The van der Waals surface area contributed by atoms with Gasteiger partial charge < -0.3 is 4.57 Å². The summed E-state index contributed by atoms with van der Waals surface area (Å²) in [5, 5.41) is 6.04. The molecule has 5 nitrogen and oxygen atoms in total. The Morgan fingerprint density at radius 3 is 3.05 bits per heavy atom. The molecule has 2 heterocycles. The summed E-state index contributed by atoms with van der Waals surface area (Å²) >= 11 is 1.73. The van der Waals surface area contributed by atoms with Gasteiger partial charge in [-0.3, -0.25) is 15.4 Å². The van der Waals surface area contributed by atoms with Gasteiger partial charge in [0.05, 0.1) is 12.6 Å². The van der Waals surface area contributed by atoms with Crippen LogP contribution in [0.4, 0.5) is 5.95 Å². The van der Waals surface area contributed by atoms with Crippen LogP contribution in [-0.4, -0.2) is 33.1 Å². The fourth-order valence-corrected chi connectivity index (χ4v) is 3.04. The highest BCUT2D eigenvalue weighted by Gasteiger charge is 2.23. The van der Waals surface area contributed by atoms with E-state index < -0.39 is 0 Å². The molecule has 0 bridgehead atoms. The van der Waals surface area contributed by atoms with Crippen LogP contribution in [0.3, 0.4) is 0 Å². The number of carbonyl (C=O) groups is 1. The summed E-state index contributed by atoms with van der Waals surface area (Å²) in [5.74, 6) is 2.22. The second kappa shape index (κ2) is 6.11. The monoisotopic (exact) mass is 288 g/mol. The maximum absolute atomic E-state index is 12.1. The lowest BCUT2D eigenvalue weighted by atomic mass is 10.2. The average molecular weight is 288 g/mol. The van der Waals surface area contributed by atoms with Gasteiger partial charge in [0.15, 0.2) is 0 Å². The number of rotatable bonds is 4. The first-order valence-electron chi connectivity index (χ1n) is 6.50. The molecule has 1 amide bonds. The quantitative estimate of drug-likeness (QED) is 0.896. The van der Waals surface area contributed by atoms with Gasteiger partial charge in [-0.05, 0) is 5.56 Å². The average Bonchev–Trinajstić information content (AvgIpc) is 3.12. The lowest BCUT2D eigenvalue weighted by molar-refractivity contribution is -0.117. The van der Waals surface area contributed by atoms with Crippen molar-refractivity contribution < 1.29 is 4.79 Å². The fraction of sp³-hybridized carbons (Fsp3) is 0.286. The third kappa shape index (κ3) is 3.02. The number of hydrogen-bond donors (Lipinski definition) is 2.